The largest absolute Gasteiger partial charge is 0.373 e. The van der Waals surface area contributed by atoms with Crippen LogP contribution in [0.5, 0.6) is 0 Å². The number of likely N-dealkylation sites (N-methyl/N-ethyl adjacent to an activating group) is 1. The average Bonchev–Trinajstić information content (AvgIpc) is 2.45. The maximum Gasteiger partial charge on any atom is 0.253 e. The molecule has 20 heavy (non-hydrogen) atoms. The average molecular weight is 299 g/mol. The van der Waals surface area contributed by atoms with E-state index in [0.29, 0.717) is 16.4 Å². The van der Waals surface area contributed by atoms with Gasteiger partial charge >= 0.3 is 0 Å². The van der Waals surface area contributed by atoms with E-state index in [0.717, 1.165) is 19.6 Å². The molecular weight excluding hydrogens is 276 g/mol. The summed E-state index contributed by atoms with van der Waals surface area (Å²) >= 11 is 6.03. The molecule has 0 spiro atoms. The van der Waals surface area contributed by atoms with Gasteiger partial charge in [0.15, 0.2) is 0 Å². The lowest BCUT2D eigenvalue weighted by molar-refractivity contribution is 0.0930. The molecule has 1 amide bonds. The number of aromatic nitrogens is 1. The molecule has 1 unspecified atom stereocenters. The molecule has 0 fully saturated rings. The minimum Gasteiger partial charge on any atom is -0.373 e. The van der Waals surface area contributed by atoms with Gasteiger partial charge in [0.25, 0.3) is 5.91 Å². The van der Waals surface area contributed by atoms with Crippen molar-refractivity contribution in [1.82, 2.24) is 15.2 Å². The van der Waals surface area contributed by atoms with Crippen LogP contribution in [0.2, 0.25) is 5.02 Å². The summed E-state index contributed by atoms with van der Waals surface area (Å²) in [4.78, 5) is 18.6. The Morgan fingerprint density at radius 3 is 2.65 bits per heavy atom. The number of anilines is 1. The Morgan fingerprint density at radius 2 is 2.10 bits per heavy atom. The van der Waals surface area contributed by atoms with E-state index < -0.39 is 0 Å². The summed E-state index contributed by atoms with van der Waals surface area (Å²) in [5.74, 6) is 0.449. The molecule has 112 valence electrons. The van der Waals surface area contributed by atoms with Crippen molar-refractivity contribution in [2.24, 2.45) is 0 Å². The number of hydrogen-bond acceptors (Lipinski definition) is 4. The Morgan fingerprint density at radius 1 is 1.45 bits per heavy atom. The lowest BCUT2D eigenvalue weighted by atomic mass is 10.2. The highest BCUT2D eigenvalue weighted by molar-refractivity contribution is 6.33. The third-order valence-electron chi connectivity index (χ3n) is 3.16. The summed E-state index contributed by atoms with van der Waals surface area (Å²) in [6.45, 7) is 8.96. The molecule has 0 radical (unpaired) electrons. The van der Waals surface area contributed by atoms with Crippen molar-refractivity contribution in [1.29, 1.82) is 0 Å². The summed E-state index contributed by atoms with van der Waals surface area (Å²) in [5.41, 5.74) is 0.442. The number of rotatable bonds is 7. The summed E-state index contributed by atoms with van der Waals surface area (Å²) in [7, 11) is 1.75. The third kappa shape index (κ3) is 4.65. The van der Waals surface area contributed by atoms with E-state index in [1.54, 1.807) is 13.1 Å². The van der Waals surface area contributed by atoms with Gasteiger partial charge in [0.05, 0.1) is 10.6 Å². The topological polar surface area (TPSA) is 57.3 Å². The van der Waals surface area contributed by atoms with Crippen LogP contribution in [0, 0.1) is 0 Å². The van der Waals surface area contributed by atoms with Crippen LogP contribution in [-0.4, -0.2) is 48.5 Å². The molecule has 0 bridgehead atoms. The van der Waals surface area contributed by atoms with Crippen molar-refractivity contribution in [2.45, 2.75) is 26.8 Å². The van der Waals surface area contributed by atoms with Crippen molar-refractivity contribution in [3.63, 3.8) is 0 Å². The Hall–Kier alpha value is -1.33. The zero-order valence-corrected chi connectivity index (χ0v) is 13.3. The predicted octanol–water partition coefficient (Wildman–Crippen LogP) is 2.24. The highest BCUT2D eigenvalue weighted by atomic mass is 35.5. The number of carbonyl (C=O) groups is 1. The molecule has 1 aromatic rings. The van der Waals surface area contributed by atoms with Crippen molar-refractivity contribution in [2.75, 3.05) is 32.0 Å². The van der Waals surface area contributed by atoms with Crippen LogP contribution in [-0.2, 0) is 0 Å². The highest BCUT2D eigenvalue weighted by Crippen LogP contribution is 2.17. The first-order valence-corrected chi connectivity index (χ1v) is 7.26. The monoisotopic (exact) mass is 298 g/mol. The lowest BCUT2D eigenvalue weighted by Gasteiger charge is -2.23. The van der Waals surface area contributed by atoms with Gasteiger partial charge in [-0.2, -0.15) is 0 Å². The van der Waals surface area contributed by atoms with Gasteiger partial charge in [0, 0.05) is 25.8 Å². The van der Waals surface area contributed by atoms with Crippen molar-refractivity contribution >= 4 is 23.3 Å². The molecule has 0 aromatic carbocycles. The quantitative estimate of drug-likeness (QED) is 0.810. The first-order chi connectivity index (χ1) is 9.51. The molecule has 5 nitrogen and oxygen atoms in total. The van der Waals surface area contributed by atoms with E-state index in [9.17, 15) is 4.79 Å². The number of halogens is 1. The smallest absolute Gasteiger partial charge is 0.253 e. The van der Waals surface area contributed by atoms with E-state index in [-0.39, 0.29) is 11.9 Å². The van der Waals surface area contributed by atoms with Gasteiger partial charge in [-0.05, 0) is 26.1 Å². The van der Waals surface area contributed by atoms with Gasteiger partial charge in [-0.1, -0.05) is 25.4 Å². The number of pyridine rings is 1. The van der Waals surface area contributed by atoms with Crippen molar-refractivity contribution in [3.8, 4) is 0 Å². The van der Waals surface area contributed by atoms with Crippen LogP contribution in [0.3, 0.4) is 0 Å². The van der Waals surface area contributed by atoms with Gasteiger partial charge in [-0.3, -0.25) is 4.79 Å². The molecule has 1 heterocycles. The molecular formula is C14H23ClN4O. The van der Waals surface area contributed by atoms with Gasteiger partial charge in [0.2, 0.25) is 0 Å². The van der Waals surface area contributed by atoms with E-state index in [2.05, 4.69) is 34.4 Å². The van der Waals surface area contributed by atoms with Crippen LogP contribution in [0.1, 0.15) is 31.1 Å². The summed E-state index contributed by atoms with van der Waals surface area (Å²) in [5, 5.41) is 6.22. The second-order valence-electron chi connectivity index (χ2n) is 4.66. The number of hydrogen-bond donors (Lipinski definition) is 2. The number of nitrogens with one attached hydrogen (secondary N) is 2. The van der Waals surface area contributed by atoms with Crippen molar-refractivity contribution in [3.05, 3.63) is 22.8 Å². The fraction of sp³-hybridized carbons (Fsp3) is 0.571. The Kier molecular flexibility index (Phi) is 6.75. The molecule has 0 saturated heterocycles. The van der Waals surface area contributed by atoms with Gasteiger partial charge < -0.3 is 15.5 Å². The molecule has 0 aliphatic carbocycles. The molecule has 0 aliphatic heterocycles. The normalized spacial score (nSPS) is 12.3. The first kappa shape index (κ1) is 16.7. The van der Waals surface area contributed by atoms with E-state index in [4.69, 9.17) is 11.6 Å². The molecule has 1 aromatic heterocycles. The Bertz CT molecular complexity index is 449. The van der Waals surface area contributed by atoms with Gasteiger partial charge in [-0.15, -0.1) is 0 Å². The molecule has 1 atom stereocenters. The zero-order chi connectivity index (χ0) is 15.1. The first-order valence-electron chi connectivity index (χ1n) is 6.88. The molecule has 2 N–H and O–H groups in total. The predicted molar refractivity (Wildman–Crippen MR) is 83.5 cm³/mol. The summed E-state index contributed by atoms with van der Waals surface area (Å²) in [6, 6.07) is 1.71. The SMILES string of the molecule is CCN(CC)CC(C)NC(=O)c1cc(NC)ncc1Cl. The number of nitrogens with zero attached hydrogens (tertiary/aromatic N) is 2. The molecule has 0 aliphatic rings. The zero-order valence-electron chi connectivity index (χ0n) is 12.5. The standard InChI is InChI=1S/C14H23ClN4O/c1-5-19(6-2)9-10(3)18-14(20)11-7-13(16-4)17-8-12(11)15/h7-8,10H,5-6,9H2,1-4H3,(H,16,17)(H,18,20). The minimum absolute atomic E-state index is 0.0599. The fourth-order valence-corrected chi connectivity index (χ4v) is 2.15. The third-order valence-corrected chi connectivity index (χ3v) is 3.46. The maximum absolute atomic E-state index is 12.2. The molecule has 6 heteroatoms. The van der Waals surface area contributed by atoms with Crippen LogP contribution in [0.4, 0.5) is 5.82 Å². The van der Waals surface area contributed by atoms with E-state index >= 15 is 0 Å². The van der Waals surface area contributed by atoms with E-state index in [1.807, 2.05) is 6.92 Å². The highest BCUT2D eigenvalue weighted by Gasteiger charge is 2.15. The lowest BCUT2D eigenvalue weighted by Crippen LogP contribution is -2.42. The molecule has 1 rings (SSSR count). The maximum atomic E-state index is 12.2. The number of carbonyl (C=O) groups excluding carboxylic acids is 1. The summed E-state index contributed by atoms with van der Waals surface area (Å²) < 4.78 is 0. The van der Waals surface area contributed by atoms with Gasteiger partial charge in [-0.25, -0.2) is 4.98 Å². The minimum atomic E-state index is -0.173. The van der Waals surface area contributed by atoms with Crippen LogP contribution < -0.4 is 10.6 Å². The van der Waals surface area contributed by atoms with E-state index in [1.165, 1.54) is 6.20 Å². The van der Waals surface area contributed by atoms with Gasteiger partial charge in [0.1, 0.15) is 5.82 Å². The number of amides is 1. The second-order valence-corrected chi connectivity index (χ2v) is 5.07. The van der Waals surface area contributed by atoms with Crippen LogP contribution >= 0.6 is 11.6 Å². The Labute approximate surface area is 125 Å². The van der Waals surface area contributed by atoms with Crippen LogP contribution in [0.25, 0.3) is 0 Å². The second kappa shape index (κ2) is 8.07. The summed E-state index contributed by atoms with van der Waals surface area (Å²) in [6.07, 6.45) is 1.48. The fourth-order valence-electron chi connectivity index (χ4n) is 1.97. The van der Waals surface area contributed by atoms with Crippen molar-refractivity contribution < 1.29 is 4.79 Å². The molecule has 0 saturated carbocycles. The Balaban J connectivity index is 2.71. The van der Waals surface area contributed by atoms with Crippen LogP contribution in [0.15, 0.2) is 12.3 Å².